The SMILES string of the molecule is CN(C)C[C@@H]1CCN(C(=O)[C@H]2C[C@H](c3c(-c4ccc(F)cc4)[nH]c4c(F)cc(F)cc43)C2)C[C@H]1O. The highest BCUT2D eigenvalue weighted by molar-refractivity contribution is 5.92. The van der Waals surface area contributed by atoms with E-state index in [1.807, 2.05) is 19.0 Å². The fourth-order valence-corrected chi connectivity index (χ4v) is 5.68. The summed E-state index contributed by atoms with van der Waals surface area (Å²) in [5.41, 5.74) is 2.28. The summed E-state index contributed by atoms with van der Waals surface area (Å²) in [6, 6.07) is 8.05. The number of aliphatic hydroxyl groups is 1. The van der Waals surface area contributed by atoms with Crippen LogP contribution in [0.15, 0.2) is 36.4 Å². The molecule has 2 aromatic carbocycles. The molecule has 2 fully saturated rings. The average Bonchev–Trinajstić information content (AvgIpc) is 3.14. The van der Waals surface area contributed by atoms with Crippen LogP contribution in [0.4, 0.5) is 13.2 Å². The van der Waals surface area contributed by atoms with E-state index >= 15 is 0 Å². The number of carbonyl (C=O) groups excluding carboxylic acids is 1. The number of likely N-dealkylation sites (tertiary alicyclic amines) is 1. The van der Waals surface area contributed by atoms with E-state index in [-0.39, 0.29) is 35.0 Å². The van der Waals surface area contributed by atoms with E-state index in [4.69, 9.17) is 0 Å². The monoisotopic (exact) mass is 485 g/mol. The number of nitrogens with one attached hydrogen (secondary N) is 1. The minimum atomic E-state index is -0.684. The number of halogens is 3. The molecule has 1 saturated carbocycles. The van der Waals surface area contributed by atoms with Crippen LogP contribution < -0.4 is 0 Å². The molecule has 2 N–H and O–H groups in total. The molecule has 186 valence electrons. The molecule has 5 rings (SSSR count). The third-order valence-corrected chi connectivity index (χ3v) is 7.53. The molecule has 1 aliphatic heterocycles. The van der Waals surface area contributed by atoms with Gasteiger partial charge in [0.25, 0.3) is 0 Å². The number of aliphatic hydroxyl groups excluding tert-OH is 1. The number of hydrogen-bond donors (Lipinski definition) is 2. The van der Waals surface area contributed by atoms with E-state index in [1.165, 1.54) is 18.2 Å². The van der Waals surface area contributed by atoms with Crippen molar-refractivity contribution in [3.8, 4) is 11.3 Å². The van der Waals surface area contributed by atoms with Crippen LogP contribution in [-0.4, -0.2) is 65.6 Å². The van der Waals surface area contributed by atoms with Gasteiger partial charge in [0.2, 0.25) is 5.91 Å². The van der Waals surface area contributed by atoms with Gasteiger partial charge in [0.05, 0.1) is 17.3 Å². The number of carbonyl (C=O) groups is 1. The van der Waals surface area contributed by atoms with Gasteiger partial charge >= 0.3 is 0 Å². The standard InChI is InChI=1S/C27H30F3N3O2/c1-32(2)13-16-7-8-33(14-23(16)34)27(35)18-9-17(10-18)24-21-11-20(29)12-22(30)26(21)31-25(24)15-3-5-19(28)6-4-15/h3-6,11-12,16-18,23,31,34H,7-10,13-14H2,1-2H3/t16-,17-,18-,23+/m0/s1. The van der Waals surface area contributed by atoms with Gasteiger partial charge in [-0.3, -0.25) is 4.79 Å². The van der Waals surface area contributed by atoms with Crippen LogP contribution in [0.5, 0.6) is 0 Å². The highest BCUT2D eigenvalue weighted by atomic mass is 19.1. The van der Waals surface area contributed by atoms with Crippen molar-refractivity contribution in [3.05, 3.63) is 59.4 Å². The summed E-state index contributed by atoms with van der Waals surface area (Å²) in [7, 11) is 3.95. The maximum Gasteiger partial charge on any atom is 0.225 e. The molecule has 2 heterocycles. The number of rotatable bonds is 5. The summed E-state index contributed by atoms with van der Waals surface area (Å²) in [6.07, 6.45) is 1.34. The normalized spacial score (nSPS) is 24.7. The lowest BCUT2D eigenvalue weighted by Gasteiger charge is -2.42. The number of H-pyrrole nitrogens is 1. The van der Waals surface area contributed by atoms with Crippen molar-refractivity contribution in [1.29, 1.82) is 0 Å². The third kappa shape index (κ3) is 4.57. The van der Waals surface area contributed by atoms with Crippen molar-refractivity contribution in [2.45, 2.75) is 31.3 Å². The summed E-state index contributed by atoms with van der Waals surface area (Å²) >= 11 is 0. The Kier molecular flexibility index (Phi) is 6.36. The van der Waals surface area contributed by atoms with Gasteiger partial charge in [0.1, 0.15) is 17.5 Å². The fourth-order valence-electron chi connectivity index (χ4n) is 5.68. The smallest absolute Gasteiger partial charge is 0.225 e. The number of amides is 1. The second-order valence-corrected chi connectivity index (χ2v) is 10.3. The number of fused-ring (bicyclic) bond motifs is 1. The molecule has 1 aromatic heterocycles. The molecule has 35 heavy (non-hydrogen) atoms. The lowest BCUT2D eigenvalue weighted by Crippen LogP contribution is -2.51. The Hall–Kier alpha value is -2.84. The van der Waals surface area contributed by atoms with Gasteiger partial charge in [-0.15, -0.1) is 0 Å². The van der Waals surface area contributed by atoms with Crippen LogP contribution in [0.3, 0.4) is 0 Å². The number of nitrogens with zero attached hydrogens (tertiary/aromatic N) is 2. The first-order chi connectivity index (χ1) is 16.7. The highest BCUT2D eigenvalue weighted by Crippen LogP contribution is 2.49. The predicted molar refractivity (Wildman–Crippen MR) is 128 cm³/mol. The molecule has 2 aliphatic rings. The largest absolute Gasteiger partial charge is 0.391 e. The molecule has 0 radical (unpaired) electrons. The Bertz CT molecular complexity index is 1230. The number of hydrogen-bond acceptors (Lipinski definition) is 3. The first-order valence-electron chi connectivity index (χ1n) is 12.1. The number of aromatic nitrogens is 1. The molecule has 8 heteroatoms. The van der Waals surface area contributed by atoms with Crippen LogP contribution in [0, 0.1) is 29.3 Å². The Morgan fingerprint density at radius 1 is 1.11 bits per heavy atom. The first-order valence-corrected chi connectivity index (χ1v) is 12.1. The third-order valence-electron chi connectivity index (χ3n) is 7.53. The minimum Gasteiger partial charge on any atom is -0.391 e. The van der Waals surface area contributed by atoms with Gasteiger partial charge in [-0.25, -0.2) is 13.2 Å². The Balaban J connectivity index is 1.36. The maximum atomic E-state index is 14.6. The van der Waals surface area contributed by atoms with E-state index in [9.17, 15) is 23.1 Å². The molecule has 1 amide bonds. The summed E-state index contributed by atoms with van der Waals surface area (Å²) in [5, 5.41) is 11.0. The minimum absolute atomic E-state index is 0.0316. The van der Waals surface area contributed by atoms with Crippen molar-refractivity contribution in [3.63, 3.8) is 0 Å². The topological polar surface area (TPSA) is 59.6 Å². The molecule has 3 aromatic rings. The predicted octanol–water partition coefficient (Wildman–Crippen LogP) is 4.52. The zero-order valence-corrected chi connectivity index (χ0v) is 19.9. The molecule has 1 aliphatic carbocycles. The zero-order chi connectivity index (χ0) is 24.9. The number of benzene rings is 2. The lowest BCUT2D eigenvalue weighted by atomic mass is 9.69. The lowest BCUT2D eigenvalue weighted by molar-refractivity contribution is -0.143. The van der Waals surface area contributed by atoms with Gasteiger partial charge in [0, 0.05) is 42.9 Å². The van der Waals surface area contributed by atoms with Crippen LogP contribution in [-0.2, 0) is 4.79 Å². The summed E-state index contributed by atoms with van der Waals surface area (Å²) in [4.78, 5) is 20.1. The quantitative estimate of drug-likeness (QED) is 0.559. The number of aromatic amines is 1. The first kappa shape index (κ1) is 23.9. The van der Waals surface area contributed by atoms with Gasteiger partial charge in [-0.2, -0.15) is 0 Å². The van der Waals surface area contributed by atoms with Crippen LogP contribution in [0.1, 0.15) is 30.7 Å². The summed E-state index contributed by atoms with van der Waals surface area (Å²) < 4.78 is 42.2. The molecular weight excluding hydrogens is 455 g/mol. The molecule has 5 nitrogen and oxygen atoms in total. The molecule has 2 atom stereocenters. The van der Waals surface area contributed by atoms with E-state index in [0.29, 0.717) is 42.6 Å². The molecule has 0 bridgehead atoms. The Labute approximate surface area is 202 Å². The Morgan fingerprint density at radius 2 is 1.83 bits per heavy atom. The van der Waals surface area contributed by atoms with E-state index in [1.54, 1.807) is 17.0 Å². The molecule has 0 spiro atoms. The van der Waals surface area contributed by atoms with Gasteiger partial charge in [-0.05, 0) is 80.7 Å². The van der Waals surface area contributed by atoms with Crippen LogP contribution in [0.2, 0.25) is 0 Å². The van der Waals surface area contributed by atoms with E-state index in [0.717, 1.165) is 24.6 Å². The number of β-amino-alcohol motifs (C(OH)–C–C–N with tert-alkyl or cyclic N) is 1. The second-order valence-electron chi connectivity index (χ2n) is 10.3. The highest BCUT2D eigenvalue weighted by Gasteiger charge is 2.42. The summed E-state index contributed by atoms with van der Waals surface area (Å²) in [5.74, 6) is -1.80. The molecule has 1 saturated heterocycles. The van der Waals surface area contributed by atoms with Crippen LogP contribution in [0.25, 0.3) is 22.2 Å². The van der Waals surface area contributed by atoms with E-state index in [2.05, 4.69) is 4.98 Å². The van der Waals surface area contributed by atoms with Crippen molar-refractivity contribution in [1.82, 2.24) is 14.8 Å². The maximum absolute atomic E-state index is 14.6. The molecule has 0 unspecified atom stereocenters. The second kappa shape index (κ2) is 9.32. The van der Waals surface area contributed by atoms with Gasteiger partial charge in [-0.1, -0.05) is 0 Å². The molecular formula is C27H30F3N3O2. The zero-order valence-electron chi connectivity index (χ0n) is 19.9. The average molecular weight is 486 g/mol. The fraction of sp³-hybridized carbons (Fsp3) is 0.444. The van der Waals surface area contributed by atoms with Crippen molar-refractivity contribution >= 4 is 16.8 Å². The van der Waals surface area contributed by atoms with Gasteiger partial charge in [0.15, 0.2) is 0 Å². The van der Waals surface area contributed by atoms with Crippen molar-refractivity contribution < 1.29 is 23.1 Å². The van der Waals surface area contributed by atoms with Crippen LogP contribution >= 0.6 is 0 Å². The summed E-state index contributed by atoms with van der Waals surface area (Å²) in [6.45, 7) is 1.75. The van der Waals surface area contributed by atoms with Crippen molar-refractivity contribution in [2.75, 3.05) is 33.7 Å². The number of piperidine rings is 1. The van der Waals surface area contributed by atoms with E-state index < -0.39 is 17.7 Å². The Morgan fingerprint density at radius 3 is 2.49 bits per heavy atom. The van der Waals surface area contributed by atoms with Gasteiger partial charge < -0.3 is 19.9 Å². The van der Waals surface area contributed by atoms with Crippen molar-refractivity contribution in [2.24, 2.45) is 11.8 Å².